The van der Waals surface area contributed by atoms with Crippen molar-refractivity contribution in [3.05, 3.63) is 28.8 Å². The molecule has 1 heterocycles. The molecule has 0 bridgehead atoms. The summed E-state index contributed by atoms with van der Waals surface area (Å²) in [5.41, 5.74) is 4.57. The van der Waals surface area contributed by atoms with Crippen molar-refractivity contribution in [2.45, 2.75) is 0 Å². The van der Waals surface area contributed by atoms with Crippen molar-refractivity contribution in [1.29, 1.82) is 0 Å². The Bertz CT molecular complexity index is 303. The number of amides is 1. The maximum Gasteiger partial charge on any atom is 0.251 e. The van der Waals surface area contributed by atoms with Gasteiger partial charge in [0, 0.05) is 6.20 Å². The standard InChI is InChI=1S/C6H4ClFN2O/c7-5-4(8)3(6(9)11)1-2-10-5/h1-2H,(H2,9,11). The van der Waals surface area contributed by atoms with Crippen LogP contribution in [0.25, 0.3) is 0 Å². The van der Waals surface area contributed by atoms with E-state index in [0.717, 1.165) is 0 Å². The minimum Gasteiger partial charge on any atom is -0.366 e. The molecule has 58 valence electrons. The van der Waals surface area contributed by atoms with Crippen LogP contribution in [0.4, 0.5) is 4.39 Å². The molecule has 0 unspecified atom stereocenters. The molecule has 0 atom stereocenters. The summed E-state index contributed by atoms with van der Waals surface area (Å²) in [5, 5.41) is -0.346. The lowest BCUT2D eigenvalue weighted by molar-refractivity contribution is 0.0996. The van der Waals surface area contributed by atoms with Crippen molar-refractivity contribution in [2.24, 2.45) is 5.73 Å². The zero-order chi connectivity index (χ0) is 8.43. The van der Waals surface area contributed by atoms with Crippen LogP contribution < -0.4 is 5.73 Å². The Kier molecular flexibility index (Phi) is 2.05. The molecule has 2 N–H and O–H groups in total. The van der Waals surface area contributed by atoms with Gasteiger partial charge in [0.25, 0.3) is 5.91 Å². The van der Waals surface area contributed by atoms with E-state index in [9.17, 15) is 9.18 Å². The molecular formula is C6H4ClFN2O. The summed E-state index contributed by atoms with van der Waals surface area (Å²) >= 11 is 5.26. The molecule has 0 aliphatic rings. The topological polar surface area (TPSA) is 56.0 Å². The molecule has 11 heavy (non-hydrogen) atoms. The highest BCUT2D eigenvalue weighted by Gasteiger charge is 2.10. The summed E-state index contributed by atoms with van der Waals surface area (Å²) in [6.07, 6.45) is 1.21. The highest BCUT2D eigenvalue weighted by atomic mass is 35.5. The minimum atomic E-state index is -0.873. The van der Waals surface area contributed by atoms with Gasteiger partial charge in [0.1, 0.15) is 0 Å². The van der Waals surface area contributed by atoms with Crippen molar-refractivity contribution >= 4 is 17.5 Å². The van der Waals surface area contributed by atoms with Crippen LogP contribution in [0, 0.1) is 5.82 Å². The Morgan fingerprint density at radius 2 is 2.36 bits per heavy atom. The predicted octanol–water partition coefficient (Wildman–Crippen LogP) is 0.973. The first kappa shape index (κ1) is 7.94. The lowest BCUT2D eigenvalue weighted by atomic mass is 10.2. The Morgan fingerprint density at radius 1 is 1.73 bits per heavy atom. The van der Waals surface area contributed by atoms with Gasteiger partial charge in [0.2, 0.25) is 0 Å². The number of rotatable bonds is 1. The minimum absolute atomic E-state index is 0.245. The maximum atomic E-state index is 12.8. The van der Waals surface area contributed by atoms with Crippen LogP contribution in [0.2, 0.25) is 5.15 Å². The molecule has 0 aromatic carbocycles. The largest absolute Gasteiger partial charge is 0.366 e. The number of halogens is 2. The van der Waals surface area contributed by atoms with E-state index in [0.29, 0.717) is 0 Å². The molecule has 5 heteroatoms. The van der Waals surface area contributed by atoms with Crippen LogP contribution >= 0.6 is 11.6 Å². The Morgan fingerprint density at radius 3 is 2.82 bits per heavy atom. The van der Waals surface area contributed by atoms with Crippen molar-refractivity contribution < 1.29 is 9.18 Å². The van der Waals surface area contributed by atoms with E-state index < -0.39 is 11.7 Å². The zero-order valence-corrected chi connectivity index (χ0v) is 6.10. The first-order valence-corrected chi connectivity index (χ1v) is 3.10. The molecule has 0 radical (unpaired) electrons. The normalized spacial score (nSPS) is 9.64. The second-order valence-electron chi connectivity index (χ2n) is 1.83. The van der Waals surface area contributed by atoms with Crippen molar-refractivity contribution in [3.8, 4) is 0 Å². The number of nitrogens with zero attached hydrogens (tertiary/aromatic N) is 1. The third-order valence-corrected chi connectivity index (χ3v) is 1.38. The van der Waals surface area contributed by atoms with E-state index >= 15 is 0 Å². The fourth-order valence-electron chi connectivity index (χ4n) is 0.609. The van der Waals surface area contributed by atoms with Gasteiger partial charge in [-0.25, -0.2) is 9.37 Å². The first-order valence-electron chi connectivity index (χ1n) is 2.72. The van der Waals surface area contributed by atoms with Crippen molar-refractivity contribution in [1.82, 2.24) is 4.98 Å². The van der Waals surface area contributed by atoms with Crippen LogP contribution in [-0.2, 0) is 0 Å². The number of pyridine rings is 1. The van der Waals surface area contributed by atoms with E-state index in [2.05, 4.69) is 4.98 Å². The molecular weight excluding hydrogens is 171 g/mol. The number of hydrogen-bond donors (Lipinski definition) is 1. The molecule has 0 aliphatic heterocycles. The lowest BCUT2D eigenvalue weighted by Crippen LogP contribution is -2.13. The average molecular weight is 175 g/mol. The number of aromatic nitrogens is 1. The van der Waals surface area contributed by atoms with Crippen molar-refractivity contribution in [3.63, 3.8) is 0 Å². The van der Waals surface area contributed by atoms with Gasteiger partial charge in [-0.05, 0) is 6.07 Å². The van der Waals surface area contributed by atoms with Gasteiger partial charge in [-0.15, -0.1) is 0 Å². The molecule has 1 aromatic heterocycles. The highest BCUT2D eigenvalue weighted by molar-refractivity contribution is 6.29. The van der Waals surface area contributed by atoms with Crippen LogP contribution in [0.5, 0.6) is 0 Å². The van der Waals surface area contributed by atoms with E-state index in [1.165, 1.54) is 12.3 Å². The van der Waals surface area contributed by atoms with E-state index in [4.69, 9.17) is 17.3 Å². The fraction of sp³-hybridized carbons (Fsp3) is 0. The summed E-state index contributed by atoms with van der Waals surface area (Å²) in [4.78, 5) is 13.9. The van der Waals surface area contributed by atoms with Gasteiger partial charge in [0.15, 0.2) is 11.0 Å². The van der Waals surface area contributed by atoms with Crippen LogP contribution in [0.15, 0.2) is 12.3 Å². The van der Waals surface area contributed by atoms with Gasteiger partial charge < -0.3 is 5.73 Å². The lowest BCUT2D eigenvalue weighted by Gasteiger charge is -1.96. The van der Waals surface area contributed by atoms with Gasteiger partial charge >= 0.3 is 0 Å². The summed E-state index contributed by atoms with van der Waals surface area (Å²) in [6, 6.07) is 1.17. The maximum absolute atomic E-state index is 12.8. The van der Waals surface area contributed by atoms with Crippen molar-refractivity contribution in [2.75, 3.05) is 0 Å². The second-order valence-corrected chi connectivity index (χ2v) is 2.19. The molecule has 0 saturated carbocycles. The summed E-state index contributed by atoms with van der Waals surface area (Å²) < 4.78 is 12.8. The summed E-state index contributed by atoms with van der Waals surface area (Å²) in [7, 11) is 0. The number of carbonyl (C=O) groups excluding carboxylic acids is 1. The van der Waals surface area contributed by atoms with E-state index in [-0.39, 0.29) is 10.7 Å². The molecule has 0 spiro atoms. The SMILES string of the molecule is NC(=O)c1ccnc(Cl)c1F. The highest BCUT2D eigenvalue weighted by Crippen LogP contribution is 2.13. The number of carbonyl (C=O) groups is 1. The molecule has 0 saturated heterocycles. The number of hydrogen-bond acceptors (Lipinski definition) is 2. The summed E-state index contributed by atoms with van der Waals surface area (Å²) in [5.74, 6) is -1.73. The van der Waals surface area contributed by atoms with Gasteiger partial charge in [0.05, 0.1) is 5.56 Å². The molecule has 0 aliphatic carbocycles. The van der Waals surface area contributed by atoms with Gasteiger partial charge in [-0.2, -0.15) is 0 Å². The van der Waals surface area contributed by atoms with E-state index in [1.54, 1.807) is 0 Å². The van der Waals surface area contributed by atoms with Gasteiger partial charge in [-0.3, -0.25) is 4.79 Å². The molecule has 1 amide bonds. The van der Waals surface area contributed by atoms with Gasteiger partial charge in [-0.1, -0.05) is 11.6 Å². The fourth-order valence-corrected chi connectivity index (χ4v) is 0.767. The predicted molar refractivity (Wildman–Crippen MR) is 37.7 cm³/mol. The summed E-state index contributed by atoms with van der Waals surface area (Å²) in [6.45, 7) is 0. The first-order chi connectivity index (χ1) is 5.13. The third-order valence-electron chi connectivity index (χ3n) is 1.11. The molecule has 1 aromatic rings. The molecule has 0 fully saturated rings. The monoisotopic (exact) mass is 174 g/mol. The quantitative estimate of drug-likeness (QED) is 0.645. The van der Waals surface area contributed by atoms with Crippen LogP contribution in [0.3, 0.4) is 0 Å². The molecule has 1 rings (SSSR count). The zero-order valence-electron chi connectivity index (χ0n) is 5.34. The Balaban J connectivity index is 3.27. The average Bonchev–Trinajstić information content (AvgIpc) is 1.94. The second kappa shape index (κ2) is 2.84. The number of nitrogens with two attached hydrogens (primary N) is 1. The molecule has 3 nitrogen and oxygen atoms in total. The Hall–Kier alpha value is -1.16. The smallest absolute Gasteiger partial charge is 0.251 e. The van der Waals surface area contributed by atoms with Crippen LogP contribution in [0.1, 0.15) is 10.4 Å². The van der Waals surface area contributed by atoms with Crippen LogP contribution in [-0.4, -0.2) is 10.9 Å². The third kappa shape index (κ3) is 1.46. The Labute approximate surface area is 67.0 Å². The number of primary amides is 1. The van der Waals surface area contributed by atoms with E-state index in [1.807, 2.05) is 0 Å².